The Bertz CT molecular complexity index is 1910. The van der Waals surface area contributed by atoms with Crippen LogP contribution in [0.4, 0.5) is 0 Å². The molecule has 4 aromatic rings. The lowest BCUT2D eigenvalue weighted by Gasteiger charge is -2.39. The number of fused-ring (bicyclic) bond motifs is 4. The minimum absolute atomic E-state index is 0.0161. The fraction of sp³-hybridized carbons (Fsp3) is 0.500. The molecule has 2 saturated heterocycles. The Morgan fingerprint density at radius 3 is 2.60 bits per heavy atom. The van der Waals surface area contributed by atoms with E-state index in [4.69, 9.17) is 20.4 Å². The van der Waals surface area contributed by atoms with Gasteiger partial charge in [0.2, 0.25) is 10.0 Å². The summed E-state index contributed by atoms with van der Waals surface area (Å²) in [5.41, 5.74) is 10.1. The minimum atomic E-state index is -3.32. The summed E-state index contributed by atoms with van der Waals surface area (Å²) in [6, 6.07) is 9.66. The number of rotatable bonds is 7. The fourth-order valence-electron chi connectivity index (χ4n) is 7.66. The van der Waals surface area contributed by atoms with Crippen molar-refractivity contribution in [2.45, 2.75) is 49.8 Å². The molecule has 43 heavy (non-hydrogen) atoms. The molecule has 0 spiro atoms. The van der Waals surface area contributed by atoms with E-state index in [2.05, 4.69) is 29.1 Å². The van der Waals surface area contributed by atoms with Gasteiger partial charge in [-0.3, -0.25) is 4.79 Å². The zero-order chi connectivity index (χ0) is 29.8. The van der Waals surface area contributed by atoms with E-state index >= 15 is 0 Å². The Labute approximate surface area is 251 Å². The van der Waals surface area contributed by atoms with Crippen LogP contribution in [0.3, 0.4) is 0 Å². The molecular weight excluding hydrogens is 565 g/mol. The molecule has 224 valence electrons. The molecule has 2 saturated carbocycles. The van der Waals surface area contributed by atoms with Crippen LogP contribution in [0.15, 0.2) is 36.5 Å². The number of sulfonamides is 1. The highest BCUT2D eigenvalue weighted by atomic mass is 32.2. The number of ether oxygens (including phenoxy) is 1. The van der Waals surface area contributed by atoms with Crippen molar-refractivity contribution >= 4 is 45.8 Å². The highest BCUT2D eigenvalue weighted by molar-refractivity contribution is 7.88. The number of aromatic nitrogens is 4. The summed E-state index contributed by atoms with van der Waals surface area (Å²) in [5.74, 6) is 2.11. The van der Waals surface area contributed by atoms with Crippen LogP contribution in [0.2, 0.25) is 0 Å². The van der Waals surface area contributed by atoms with Crippen molar-refractivity contribution in [3.63, 3.8) is 0 Å². The predicted octanol–water partition coefficient (Wildman–Crippen LogP) is 1.81. The van der Waals surface area contributed by atoms with Crippen LogP contribution in [0.5, 0.6) is 5.75 Å². The van der Waals surface area contributed by atoms with Crippen LogP contribution in [0, 0.1) is 11.8 Å². The molecule has 2 N–H and O–H groups in total. The van der Waals surface area contributed by atoms with Crippen LogP contribution in [-0.2, 0) is 16.6 Å². The molecule has 4 fully saturated rings. The van der Waals surface area contributed by atoms with E-state index in [1.165, 1.54) is 23.4 Å². The number of likely N-dealkylation sites (tertiary alicyclic amines) is 1. The number of pyridine rings is 1. The highest BCUT2D eigenvalue weighted by Gasteiger charge is 2.54. The lowest BCUT2D eigenvalue weighted by molar-refractivity contribution is 0.0697. The second-order valence-corrected chi connectivity index (χ2v) is 15.2. The van der Waals surface area contributed by atoms with E-state index in [0.29, 0.717) is 48.3 Å². The number of hydrogen-bond donors (Lipinski definition) is 1. The van der Waals surface area contributed by atoms with E-state index in [1.54, 1.807) is 13.2 Å². The summed E-state index contributed by atoms with van der Waals surface area (Å²) >= 11 is 0. The van der Waals surface area contributed by atoms with Gasteiger partial charge in [0.25, 0.3) is 5.91 Å². The number of imidazole rings is 1. The molecule has 8 rings (SSSR count). The molecular formula is C30H36BN7O4S. The Morgan fingerprint density at radius 1 is 1.16 bits per heavy atom. The minimum Gasteiger partial charge on any atom is -0.494 e. The molecule has 1 aromatic carbocycles. The summed E-state index contributed by atoms with van der Waals surface area (Å²) in [5, 5.41) is 1.03. The second kappa shape index (κ2) is 9.29. The zero-order valence-electron chi connectivity index (χ0n) is 24.7. The van der Waals surface area contributed by atoms with E-state index in [0.717, 1.165) is 47.5 Å². The first-order valence-corrected chi connectivity index (χ1v) is 17.0. The van der Waals surface area contributed by atoms with Crippen molar-refractivity contribution in [3.8, 4) is 17.3 Å². The number of benzene rings is 1. The van der Waals surface area contributed by atoms with Crippen molar-refractivity contribution in [2.75, 3.05) is 33.0 Å². The molecule has 4 aliphatic rings. The number of amides is 1. The maximum absolute atomic E-state index is 13.9. The molecule has 0 radical (unpaired) electrons. The molecule has 11 nitrogen and oxygen atoms in total. The van der Waals surface area contributed by atoms with Gasteiger partial charge in [-0.25, -0.2) is 18.4 Å². The van der Waals surface area contributed by atoms with Gasteiger partial charge in [-0.1, -0.05) is 0 Å². The second-order valence-electron chi connectivity index (χ2n) is 13.2. The maximum atomic E-state index is 13.9. The Kier molecular flexibility index (Phi) is 5.87. The van der Waals surface area contributed by atoms with Gasteiger partial charge in [0.1, 0.15) is 24.8 Å². The van der Waals surface area contributed by atoms with Crippen molar-refractivity contribution in [1.82, 2.24) is 28.3 Å². The Balaban J connectivity index is 1.29. The molecule has 3 atom stereocenters. The fourth-order valence-corrected chi connectivity index (χ4v) is 8.55. The summed E-state index contributed by atoms with van der Waals surface area (Å²) < 4.78 is 36.4. The number of methoxy groups -OCH3 is 1. The van der Waals surface area contributed by atoms with Gasteiger partial charge in [-0.15, -0.1) is 0 Å². The van der Waals surface area contributed by atoms with E-state index in [-0.39, 0.29) is 23.4 Å². The van der Waals surface area contributed by atoms with E-state index in [1.807, 2.05) is 23.2 Å². The summed E-state index contributed by atoms with van der Waals surface area (Å²) in [7, 11) is 0.346. The number of nitrogens with two attached hydrogens (primary N) is 1. The summed E-state index contributed by atoms with van der Waals surface area (Å²) in [6.07, 6.45) is 7.40. The van der Waals surface area contributed by atoms with Crippen molar-refractivity contribution in [3.05, 3.63) is 42.1 Å². The average Bonchev–Trinajstić information content (AvgIpc) is 3.40. The molecule has 5 heterocycles. The molecule has 2 unspecified atom stereocenters. The normalized spacial score (nSPS) is 26.1. The number of nitrogens with zero attached hydrogens (tertiary/aromatic N) is 6. The quantitative estimate of drug-likeness (QED) is 0.320. The van der Waals surface area contributed by atoms with Crippen molar-refractivity contribution < 1.29 is 17.9 Å². The molecule has 13 heteroatoms. The van der Waals surface area contributed by atoms with Crippen LogP contribution in [0.25, 0.3) is 33.6 Å². The number of piperidine rings is 1. The summed E-state index contributed by atoms with van der Waals surface area (Å²) in [4.78, 5) is 25.8. The smallest absolute Gasteiger partial charge is 0.254 e. The monoisotopic (exact) mass is 601 g/mol. The Morgan fingerprint density at radius 2 is 1.95 bits per heavy atom. The van der Waals surface area contributed by atoms with Crippen molar-refractivity contribution in [1.29, 1.82) is 0 Å². The number of carbonyl (C=O) groups excluding carboxylic acids is 1. The van der Waals surface area contributed by atoms with E-state index < -0.39 is 10.0 Å². The SMILES string of the molecule is B[C@]1(N)C2CCC1N(C(=O)c1cc(OC)c3c(c1)nc(-c1cc4cccnc4n1CC1CC1)n3C1CN(S(C)(=O)=O)C1)C2. The highest BCUT2D eigenvalue weighted by Crippen LogP contribution is 2.44. The van der Waals surface area contributed by atoms with Gasteiger partial charge < -0.3 is 24.5 Å². The Hall–Kier alpha value is -3.42. The van der Waals surface area contributed by atoms with Crippen LogP contribution in [0.1, 0.15) is 42.1 Å². The first-order valence-electron chi connectivity index (χ1n) is 15.1. The molecule has 2 aliphatic heterocycles. The lowest BCUT2D eigenvalue weighted by atomic mass is 9.71. The molecule has 2 aliphatic carbocycles. The molecule has 2 bridgehead atoms. The maximum Gasteiger partial charge on any atom is 0.254 e. The third-order valence-electron chi connectivity index (χ3n) is 10.3. The van der Waals surface area contributed by atoms with Gasteiger partial charge in [0.05, 0.1) is 30.6 Å². The number of hydrogen-bond acceptors (Lipinski definition) is 7. The van der Waals surface area contributed by atoms with Gasteiger partial charge in [0.15, 0.2) is 5.82 Å². The first-order chi connectivity index (χ1) is 20.5. The third kappa shape index (κ3) is 4.15. The predicted molar refractivity (Wildman–Crippen MR) is 166 cm³/mol. The lowest BCUT2D eigenvalue weighted by Crippen LogP contribution is -2.52. The topological polar surface area (TPSA) is 129 Å². The van der Waals surface area contributed by atoms with Gasteiger partial charge in [-0.2, -0.15) is 4.31 Å². The first kappa shape index (κ1) is 27.2. The van der Waals surface area contributed by atoms with Gasteiger partial charge in [-0.05, 0) is 67.9 Å². The van der Waals surface area contributed by atoms with Gasteiger partial charge >= 0.3 is 0 Å². The zero-order valence-corrected chi connectivity index (χ0v) is 25.5. The van der Waals surface area contributed by atoms with Crippen LogP contribution >= 0.6 is 0 Å². The third-order valence-corrected chi connectivity index (χ3v) is 11.6. The largest absolute Gasteiger partial charge is 0.494 e. The average molecular weight is 602 g/mol. The van der Waals surface area contributed by atoms with E-state index in [9.17, 15) is 13.2 Å². The van der Waals surface area contributed by atoms with Crippen molar-refractivity contribution in [2.24, 2.45) is 17.6 Å². The van der Waals surface area contributed by atoms with Crippen LogP contribution < -0.4 is 10.5 Å². The molecule has 3 aromatic heterocycles. The molecule has 1 amide bonds. The summed E-state index contributed by atoms with van der Waals surface area (Å²) in [6.45, 7) is 2.19. The van der Waals surface area contributed by atoms with Gasteiger partial charge in [0, 0.05) is 54.8 Å². The standard InChI is InChI=1S/C30H36BN7O4S/c1-42-24-12-19(29(39)37-14-20-7-8-25(37)30(20,31)32)10-22-26(24)38(21-15-35(16-21)43(2,40)41)28(34-22)23-11-18-4-3-9-33-27(18)36(23)13-17-5-6-17/h3-4,9-12,17,20-21,25H,5-8,13-16,31-32H2,1-2H3/t20?,25?,30-/m0/s1. The van der Waals surface area contributed by atoms with Crippen LogP contribution in [-0.4, -0.2) is 95.0 Å². The number of carbonyl (C=O) groups is 1.